The Kier molecular flexibility index (Phi) is 10.2. The van der Waals surface area contributed by atoms with Crippen molar-refractivity contribution in [3.8, 4) is 95.5 Å². The zero-order valence-electron chi connectivity index (χ0n) is 36.5. The number of benzene rings is 10. The predicted octanol–water partition coefficient (Wildman–Crippen LogP) is 16.3. The molecule has 0 fully saturated rings. The number of aromatic nitrogens is 4. The second-order valence-corrected chi connectivity index (χ2v) is 16.8. The van der Waals surface area contributed by atoms with Crippen LogP contribution in [0.5, 0.6) is 0 Å². The van der Waals surface area contributed by atoms with E-state index in [1.165, 1.54) is 27.6 Å². The summed E-state index contributed by atoms with van der Waals surface area (Å²) >= 11 is 0. The van der Waals surface area contributed by atoms with Gasteiger partial charge < -0.3 is 4.57 Å². The SMILES string of the molecule is c1ccc(-c2ccc(-c3nc(-c4ccccc4)nc(-c4cc(-c5ccccc5)c5c6cc(-c7ccccc7)ccc6n(-c6ccc(-c7cccc(-c8ccccc8)c7)cc6)c5c4)n3)cc2)cc1. The number of nitrogens with zero attached hydrogens (tertiary/aromatic N) is 4. The molecule has 0 aliphatic heterocycles. The number of hydrogen-bond acceptors (Lipinski definition) is 3. The highest BCUT2D eigenvalue weighted by Gasteiger charge is 2.21. The summed E-state index contributed by atoms with van der Waals surface area (Å²) in [6.07, 6.45) is 0. The van der Waals surface area contributed by atoms with Crippen molar-refractivity contribution in [1.82, 2.24) is 19.5 Å². The molecule has 314 valence electrons. The van der Waals surface area contributed by atoms with E-state index in [9.17, 15) is 0 Å². The second kappa shape index (κ2) is 17.2. The minimum absolute atomic E-state index is 0.602. The maximum absolute atomic E-state index is 5.30. The van der Waals surface area contributed by atoms with Gasteiger partial charge in [0.15, 0.2) is 17.5 Å². The van der Waals surface area contributed by atoms with Gasteiger partial charge in [0.05, 0.1) is 11.0 Å². The van der Waals surface area contributed by atoms with Crippen molar-refractivity contribution < 1.29 is 0 Å². The van der Waals surface area contributed by atoms with Gasteiger partial charge in [-0.1, -0.05) is 212 Å². The summed E-state index contributed by atoms with van der Waals surface area (Å²) < 4.78 is 2.40. The van der Waals surface area contributed by atoms with Crippen molar-refractivity contribution in [2.45, 2.75) is 0 Å². The fourth-order valence-corrected chi connectivity index (χ4v) is 9.31. The molecule has 0 aliphatic carbocycles. The van der Waals surface area contributed by atoms with Crippen molar-refractivity contribution in [3.05, 3.63) is 255 Å². The van der Waals surface area contributed by atoms with Gasteiger partial charge in [-0.2, -0.15) is 0 Å². The molecule has 0 bridgehead atoms. The third kappa shape index (κ3) is 7.67. The van der Waals surface area contributed by atoms with E-state index < -0.39 is 0 Å². The van der Waals surface area contributed by atoms with Crippen LogP contribution in [-0.2, 0) is 0 Å². The van der Waals surface area contributed by atoms with Gasteiger partial charge in [0, 0.05) is 33.2 Å². The quantitative estimate of drug-likeness (QED) is 0.145. The number of rotatable bonds is 9. The predicted molar refractivity (Wildman–Crippen MR) is 278 cm³/mol. The van der Waals surface area contributed by atoms with Crippen LogP contribution in [0.1, 0.15) is 0 Å². The summed E-state index contributed by atoms with van der Waals surface area (Å²) in [7, 11) is 0. The lowest BCUT2D eigenvalue weighted by molar-refractivity contribution is 1.07. The molecule has 2 aromatic heterocycles. The van der Waals surface area contributed by atoms with E-state index in [0.29, 0.717) is 17.5 Å². The smallest absolute Gasteiger partial charge is 0.164 e. The largest absolute Gasteiger partial charge is 0.309 e. The fraction of sp³-hybridized carbons (Fsp3) is 0. The van der Waals surface area contributed by atoms with Crippen LogP contribution < -0.4 is 0 Å². The third-order valence-corrected chi connectivity index (χ3v) is 12.7. The van der Waals surface area contributed by atoms with Gasteiger partial charge in [0.2, 0.25) is 0 Å². The molecule has 0 N–H and O–H groups in total. The van der Waals surface area contributed by atoms with E-state index in [-0.39, 0.29) is 0 Å². The van der Waals surface area contributed by atoms with E-state index in [0.717, 1.165) is 72.2 Å². The Morgan fingerprint density at radius 1 is 0.239 bits per heavy atom. The van der Waals surface area contributed by atoms with Gasteiger partial charge in [-0.05, 0) is 98.1 Å². The molecule has 0 atom stereocenters. The lowest BCUT2D eigenvalue weighted by Gasteiger charge is -2.13. The van der Waals surface area contributed by atoms with Gasteiger partial charge in [-0.3, -0.25) is 0 Å². The Balaban J connectivity index is 1.08. The monoisotopic (exact) mass is 854 g/mol. The molecule has 12 rings (SSSR count). The Morgan fingerprint density at radius 2 is 0.612 bits per heavy atom. The molecule has 0 aliphatic rings. The van der Waals surface area contributed by atoms with Gasteiger partial charge >= 0.3 is 0 Å². The number of fused-ring (bicyclic) bond motifs is 3. The van der Waals surface area contributed by atoms with Gasteiger partial charge in [0.25, 0.3) is 0 Å². The van der Waals surface area contributed by atoms with Gasteiger partial charge in [-0.15, -0.1) is 0 Å². The van der Waals surface area contributed by atoms with Gasteiger partial charge in [0.1, 0.15) is 0 Å². The maximum Gasteiger partial charge on any atom is 0.164 e. The van der Waals surface area contributed by atoms with Crippen molar-refractivity contribution >= 4 is 21.8 Å². The molecular weight excluding hydrogens is 813 g/mol. The standard InChI is InChI=1S/C63H42N4/c1-6-17-43(18-7-1)46-29-31-50(32-30-46)62-64-61(49-25-14-5-15-26-49)65-63(66-62)54-41-56(48-23-12-4-13-24-48)60-57-40-53(45-21-10-3-11-22-45)35-38-58(57)67(59(60)42-54)55-36-33-47(34-37-55)52-28-16-27-51(39-52)44-19-8-2-9-20-44/h1-42H. The molecule has 10 aromatic carbocycles. The first-order chi connectivity index (χ1) is 33.2. The van der Waals surface area contributed by atoms with Gasteiger partial charge in [-0.25, -0.2) is 15.0 Å². The van der Waals surface area contributed by atoms with E-state index in [1.54, 1.807) is 0 Å². The third-order valence-electron chi connectivity index (χ3n) is 12.7. The lowest BCUT2D eigenvalue weighted by Crippen LogP contribution is -2.01. The highest BCUT2D eigenvalue weighted by molar-refractivity contribution is 6.17. The van der Waals surface area contributed by atoms with E-state index in [4.69, 9.17) is 15.0 Å². The molecular formula is C63H42N4. The van der Waals surface area contributed by atoms with Crippen LogP contribution in [0.15, 0.2) is 255 Å². The fourth-order valence-electron chi connectivity index (χ4n) is 9.31. The first kappa shape index (κ1) is 39.6. The zero-order chi connectivity index (χ0) is 44.5. The van der Waals surface area contributed by atoms with Crippen molar-refractivity contribution in [2.75, 3.05) is 0 Å². The summed E-state index contributed by atoms with van der Waals surface area (Å²) in [5.74, 6) is 1.84. The summed E-state index contributed by atoms with van der Waals surface area (Å²) in [5, 5.41) is 2.33. The first-order valence-electron chi connectivity index (χ1n) is 22.7. The zero-order valence-corrected chi connectivity index (χ0v) is 36.5. The Bertz CT molecular complexity index is 3680. The minimum atomic E-state index is 0.602. The van der Waals surface area contributed by atoms with Crippen LogP contribution in [-0.4, -0.2) is 19.5 Å². The molecule has 12 aromatic rings. The van der Waals surface area contributed by atoms with E-state index in [1.807, 2.05) is 24.3 Å². The van der Waals surface area contributed by atoms with Crippen LogP contribution in [0.3, 0.4) is 0 Å². The van der Waals surface area contributed by atoms with Crippen LogP contribution in [0.4, 0.5) is 0 Å². The van der Waals surface area contributed by atoms with Crippen LogP contribution >= 0.6 is 0 Å². The minimum Gasteiger partial charge on any atom is -0.309 e. The molecule has 0 radical (unpaired) electrons. The number of hydrogen-bond donors (Lipinski definition) is 0. The molecule has 0 unspecified atom stereocenters. The van der Waals surface area contributed by atoms with Crippen LogP contribution in [0.25, 0.3) is 117 Å². The van der Waals surface area contributed by atoms with E-state index in [2.05, 4.69) is 235 Å². The Morgan fingerprint density at radius 3 is 1.16 bits per heavy atom. The Hall–Kier alpha value is -8.99. The van der Waals surface area contributed by atoms with Crippen molar-refractivity contribution in [3.63, 3.8) is 0 Å². The molecule has 0 saturated carbocycles. The average Bonchev–Trinajstić information content (AvgIpc) is 3.75. The highest BCUT2D eigenvalue weighted by Crippen LogP contribution is 2.43. The summed E-state index contributed by atoms with van der Waals surface area (Å²) in [6, 6.07) is 90.2. The van der Waals surface area contributed by atoms with Crippen molar-refractivity contribution in [2.24, 2.45) is 0 Å². The lowest BCUT2D eigenvalue weighted by atomic mass is 9.95. The topological polar surface area (TPSA) is 43.6 Å². The molecule has 0 saturated heterocycles. The first-order valence-corrected chi connectivity index (χ1v) is 22.7. The summed E-state index contributed by atoms with van der Waals surface area (Å²) in [4.78, 5) is 15.7. The summed E-state index contributed by atoms with van der Waals surface area (Å²) in [5.41, 5.74) is 17.6. The molecule has 0 amide bonds. The Labute approximate surface area is 389 Å². The molecule has 4 heteroatoms. The summed E-state index contributed by atoms with van der Waals surface area (Å²) in [6.45, 7) is 0. The average molecular weight is 855 g/mol. The normalized spacial score (nSPS) is 11.3. The van der Waals surface area contributed by atoms with Crippen LogP contribution in [0.2, 0.25) is 0 Å². The van der Waals surface area contributed by atoms with E-state index >= 15 is 0 Å². The molecule has 0 spiro atoms. The molecule has 67 heavy (non-hydrogen) atoms. The second-order valence-electron chi connectivity index (χ2n) is 16.8. The maximum atomic E-state index is 5.30. The van der Waals surface area contributed by atoms with Crippen LogP contribution in [0, 0.1) is 0 Å². The highest BCUT2D eigenvalue weighted by atomic mass is 15.0. The molecule has 4 nitrogen and oxygen atoms in total. The van der Waals surface area contributed by atoms with Crippen molar-refractivity contribution in [1.29, 1.82) is 0 Å². The molecule has 2 heterocycles.